The number of anilines is 1. The predicted octanol–water partition coefficient (Wildman–Crippen LogP) is 1.88. The van der Waals surface area contributed by atoms with E-state index < -0.39 is 11.5 Å². The number of para-hydroxylation sites is 1. The van der Waals surface area contributed by atoms with Gasteiger partial charge < -0.3 is 14.7 Å². The Morgan fingerprint density at radius 1 is 1.38 bits per heavy atom. The highest BCUT2D eigenvalue weighted by molar-refractivity contribution is 6.33. The number of carbonyl (C=O) groups excluding carboxylic acids is 1. The first kappa shape index (κ1) is 18.4. The van der Waals surface area contributed by atoms with Crippen molar-refractivity contribution in [2.24, 2.45) is 5.92 Å². The third-order valence-corrected chi connectivity index (χ3v) is 4.91. The van der Waals surface area contributed by atoms with Crippen LogP contribution < -0.4 is 10.5 Å². The number of aromatic nitrogens is 2. The molecule has 0 aliphatic carbocycles. The van der Waals surface area contributed by atoms with Crippen LogP contribution in [0.15, 0.2) is 35.3 Å². The van der Waals surface area contributed by atoms with Gasteiger partial charge in [0.25, 0.3) is 5.56 Å². The molecule has 1 aromatic carbocycles. The zero-order valence-electron chi connectivity index (χ0n) is 14.4. The number of piperidine rings is 1. The minimum atomic E-state index is -0.559. The molecule has 138 valence electrons. The number of halogens is 1. The van der Waals surface area contributed by atoms with Crippen LogP contribution in [0, 0.1) is 5.92 Å². The zero-order valence-corrected chi connectivity index (χ0v) is 15.1. The summed E-state index contributed by atoms with van der Waals surface area (Å²) in [6.07, 6.45) is 3.38. The molecule has 1 saturated heterocycles. The fraction of sp³-hybridized carbons (Fsp3) is 0.389. The van der Waals surface area contributed by atoms with E-state index in [4.69, 9.17) is 16.3 Å². The molecule has 1 N–H and O–H groups in total. The van der Waals surface area contributed by atoms with Gasteiger partial charge in [0.05, 0.1) is 30.2 Å². The van der Waals surface area contributed by atoms with Gasteiger partial charge in [0.15, 0.2) is 0 Å². The Labute approximate surface area is 155 Å². The van der Waals surface area contributed by atoms with E-state index in [0.29, 0.717) is 17.9 Å². The Morgan fingerprint density at radius 3 is 2.88 bits per heavy atom. The van der Waals surface area contributed by atoms with E-state index in [1.54, 1.807) is 24.3 Å². The lowest BCUT2D eigenvalue weighted by atomic mass is 9.99. The highest BCUT2D eigenvalue weighted by Crippen LogP contribution is 2.27. The molecule has 2 aromatic rings. The van der Waals surface area contributed by atoms with Crippen LogP contribution in [0.5, 0.6) is 0 Å². The smallest absolute Gasteiger partial charge is 0.340 e. The average molecular weight is 378 g/mol. The second-order valence-electron chi connectivity index (χ2n) is 6.21. The van der Waals surface area contributed by atoms with Gasteiger partial charge in [0.2, 0.25) is 0 Å². The summed E-state index contributed by atoms with van der Waals surface area (Å²) in [6, 6.07) is 6.56. The summed E-state index contributed by atoms with van der Waals surface area (Å²) >= 11 is 6.34. The number of nitrogens with zero attached hydrogens (tertiary/aromatic N) is 3. The second-order valence-corrected chi connectivity index (χ2v) is 6.58. The van der Waals surface area contributed by atoms with Gasteiger partial charge in [-0.3, -0.25) is 4.79 Å². The van der Waals surface area contributed by atoms with Crippen molar-refractivity contribution < 1.29 is 14.6 Å². The van der Waals surface area contributed by atoms with Crippen molar-refractivity contribution >= 4 is 23.3 Å². The molecule has 7 nitrogen and oxygen atoms in total. The quantitative estimate of drug-likeness (QED) is 0.819. The number of benzene rings is 1. The molecule has 1 aliphatic heterocycles. The fourth-order valence-corrected chi connectivity index (χ4v) is 3.44. The minimum absolute atomic E-state index is 0.0401. The number of carbonyl (C=O) groups is 1. The molecule has 8 heteroatoms. The zero-order chi connectivity index (χ0) is 18.7. The summed E-state index contributed by atoms with van der Waals surface area (Å²) in [4.78, 5) is 26.7. The van der Waals surface area contributed by atoms with Crippen molar-refractivity contribution in [2.75, 3.05) is 31.7 Å². The Morgan fingerprint density at radius 2 is 2.15 bits per heavy atom. The molecule has 0 bridgehead atoms. The lowest BCUT2D eigenvalue weighted by Gasteiger charge is -2.33. The van der Waals surface area contributed by atoms with E-state index in [1.165, 1.54) is 13.3 Å². The Hall–Kier alpha value is -2.38. The molecule has 2 heterocycles. The first-order valence-corrected chi connectivity index (χ1v) is 8.76. The number of esters is 1. The Kier molecular flexibility index (Phi) is 5.58. The van der Waals surface area contributed by atoms with Gasteiger partial charge in [0.1, 0.15) is 5.02 Å². The third-order valence-electron chi connectivity index (χ3n) is 4.56. The molecular weight excluding hydrogens is 358 g/mol. The van der Waals surface area contributed by atoms with E-state index >= 15 is 0 Å². The number of aliphatic hydroxyl groups is 1. The normalized spacial score (nSPS) is 17.2. The predicted molar refractivity (Wildman–Crippen MR) is 98.2 cm³/mol. The maximum atomic E-state index is 12.8. The Bertz CT molecular complexity index is 868. The molecule has 0 saturated carbocycles. The minimum Gasteiger partial charge on any atom is -0.465 e. The molecule has 0 radical (unpaired) electrons. The van der Waals surface area contributed by atoms with Gasteiger partial charge in [-0.1, -0.05) is 23.7 Å². The monoisotopic (exact) mass is 377 g/mol. The fourth-order valence-electron chi connectivity index (χ4n) is 3.19. The molecule has 1 fully saturated rings. The summed E-state index contributed by atoms with van der Waals surface area (Å²) in [5.41, 5.74) is 0.574. The highest BCUT2D eigenvalue weighted by Gasteiger charge is 2.24. The van der Waals surface area contributed by atoms with Crippen LogP contribution in [0.3, 0.4) is 0 Å². The lowest BCUT2D eigenvalue weighted by molar-refractivity contribution is 0.0600. The van der Waals surface area contributed by atoms with Crippen LogP contribution in [0.4, 0.5) is 5.69 Å². The van der Waals surface area contributed by atoms with Gasteiger partial charge in [0, 0.05) is 19.7 Å². The van der Waals surface area contributed by atoms with Gasteiger partial charge >= 0.3 is 5.97 Å². The van der Waals surface area contributed by atoms with Gasteiger partial charge in [-0.05, 0) is 30.9 Å². The van der Waals surface area contributed by atoms with E-state index in [2.05, 4.69) is 5.10 Å². The van der Waals surface area contributed by atoms with Crippen molar-refractivity contribution in [1.82, 2.24) is 9.78 Å². The molecule has 26 heavy (non-hydrogen) atoms. The Balaban J connectivity index is 2.02. The van der Waals surface area contributed by atoms with Crippen LogP contribution in [-0.4, -0.2) is 47.7 Å². The largest absolute Gasteiger partial charge is 0.465 e. The number of methoxy groups -OCH3 is 1. The molecule has 0 unspecified atom stereocenters. The van der Waals surface area contributed by atoms with Gasteiger partial charge in [-0.15, -0.1) is 0 Å². The van der Waals surface area contributed by atoms with Gasteiger partial charge in [-0.25, -0.2) is 4.79 Å². The van der Waals surface area contributed by atoms with E-state index in [-0.39, 0.29) is 23.1 Å². The summed E-state index contributed by atoms with van der Waals surface area (Å²) in [5, 5.41) is 13.7. The maximum absolute atomic E-state index is 12.8. The van der Waals surface area contributed by atoms with E-state index in [9.17, 15) is 14.7 Å². The first-order chi connectivity index (χ1) is 12.6. The number of hydrogen-bond donors (Lipinski definition) is 1. The number of hydrogen-bond acceptors (Lipinski definition) is 6. The van der Waals surface area contributed by atoms with Crippen LogP contribution in [0.25, 0.3) is 5.69 Å². The maximum Gasteiger partial charge on any atom is 0.340 e. The van der Waals surface area contributed by atoms with E-state index in [0.717, 1.165) is 24.1 Å². The SMILES string of the molecule is COC(=O)c1ccccc1-n1ncc(N2CCC[C@@H](CO)C2)c(Cl)c1=O. The van der Waals surface area contributed by atoms with Crippen LogP contribution >= 0.6 is 11.6 Å². The second kappa shape index (κ2) is 7.88. The number of aliphatic hydroxyl groups excluding tert-OH is 1. The number of rotatable bonds is 4. The van der Waals surface area contributed by atoms with Crippen molar-refractivity contribution in [1.29, 1.82) is 0 Å². The summed E-state index contributed by atoms with van der Waals surface area (Å²) < 4.78 is 5.87. The standard InChI is InChI=1S/C18H20ClN3O4/c1-26-18(25)13-6-2-3-7-14(13)22-17(24)16(19)15(9-20-22)21-8-4-5-12(10-21)11-23/h2-3,6-7,9,12,23H,4-5,8,10-11H2,1H3/t12-/m1/s1. The average Bonchev–Trinajstić information content (AvgIpc) is 2.69. The van der Waals surface area contributed by atoms with Crippen molar-refractivity contribution in [3.8, 4) is 5.69 Å². The third kappa shape index (κ3) is 3.45. The molecule has 1 atom stereocenters. The lowest BCUT2D eigenvalue weighted by Crippen LogP contribution is -2.38. The van der Waals surface area contributed by atoms with E-state index in [1.807, 2.05) is 4.90 Å². The van der Waals surface area contributed by atoms with Crippen LogP contribution in [0.2, 0.25) is 5.02 Å². The topological polar surface area (TPSA) is 84.7 Å². The molecule has 0 spiro atoms. The molecular formula is C18H20ClN3O4. The van der Waals surface area contributed by atoms with Crippen molar-refractivity contribution in [3.63, 3.8) is 0 Å². The molecule has 3 rings (SSSR count). The summed E-state index contributed by atoms with van der Waals surface area (Å²) in [7, 11) is 1.28. The molecule has 0 amide bonds. The first-order valence-electron chi connectivity index (χ1n) is 8.38. The highest BCUT2D eigenvalue weighted by atomic mass is 35.5. The van der Waals surface area contributed by atoms with Crippen LogP contribution in [0.1, 0.15) is 23.2 Å². The molecule has 1 aliphatic rings. The van der Waals surface area contributed by atoms with Crippen LogP contribution in [-0.2, 0) is 4.74 Å². The molecule has 1 aromatic heterocycles. The summed E-state index contributed by atoms with van der Waals surface area (Å²) in [5.74, 6) is -0.404. The summed E-state index contributed by atoms with van der Waals surface area (Å²) in [6.45, 7) is 1.48. The van der Waals surface area contributed by atoms with Crippen molar-refractivity contribution in [2.45, 2.75) is 12.8 Å². The van der Waals surface area contributed by atoms with Gasteiger partial charge in [-0.2, -0.15) is 9.78 Å². The number of ether oxygens (including phenoxy) is 1. The van der Waals surface area contributed by atoms with Crippen molar-refractivity contribution in [3.05, 3.63) is 51.4 Å².